The molecule has 4 heteroatoms. The van der Waals surface area contributed by atoms with Crippen LogP contribution >= 0.6 is 0 Å². The molecule has 4 nitrogen and oxygen atoms in total. The van der Waals surface area contributed by atoms with Gasteiger partial charge < -0.3 is 15.4 Å². The summed E-state index contributed by atoms with van der Waals surface area (Å²) in [6.45, 7) is 4.99. The van der Waals surface area contributed by atoms with E-state index in [2.05, 4.69) is 17.2 Å². The van der Waals surface area contributed by atoms with Gasteiger partial charge in [-0.1, -0.05) is 12.7 Å². The summed E-state index contributed by atoms with van der Waals surface area (Å²) in [6.07, 6.45) is 3.67. The van der Waals surface area contributed by atoms with Gasteiger partial charge in [-0.15, -0.1) is 0 Å². The molecule has 1 atom stereocenters. The third-order valence-corrected chi connectivity index (χ3v) is 2.87. The van der Waals surface area contributed by atoms with Gasteiger partial charge in [0.2, 0.25) is 5.91 Å². The van der Waals surface area contributed by atoms with E-state index in [1.807, 2.05) is 24.3 Å². The smallest absolute Gasteiger partial charge is 0.241 e. The first-order valence-electron chi connectivity index (χ1n) is 6.17. The molecule has 2 N–H and O–H groups in total. The largest absolute Gasteiger partial charge is 0.490 e. The van der Waals surface area contributed by atoms with Crippen molar-refractivity contribution >= 4 is 11.6 Å². The molecule has 0 spiro atoms. The van der Waals surface area contributed by atoms with E-state index >= 15 is 0 Å². The molecule has 1 heterocycles. The Morgan fingerprint density at radius 2 is 2.28 bits per heavy atom. The highest BCUT2D eigenvalue weighted by atomic mass is 16.5. The molecule has 0 bridgehead atoms. The Balaban J connectivity index is 1.89. The van der Waals surface area contributed by atoms with Gasteiger partial charge in [0.05, 0.1) is 6.04 Å². The molecule has 2 rings (SSSR count). The van der Waals surface area contributed by atoms with Gasteiger partial charge in [0.15, 0.2) is 0 Å². The number of hydrogen-bond donors (Lipinski definition) is 2. The van der Waals surface area contributed by atoms with Crippen LogP contribution < -0.4 is 15.4 Å². The zero-order valence-corrected chi connectivity index (χ0v) is 10.3. The second-order valence-corrected chi connectivity index (χ2v) is 4.26. The van der Waals surface area contributed by atoms with Crippen LogP contribution in [0.4, 0.5) is 5.69 Å². The van der Waals surface area contributed by atoms with Gasteiger partial charge >= 0.3 is 0 Å². The highest BCUT2D eigenvalue weighted by Crippen LogP contribution is 2.16. The van der Waals surface area contributed by atoms with Crippen LogP contribution in [0.15, 0.2) is 36.9 Å². The molecule has 18 heavy (non-hydrogen) atoms. The predicted molar refractivity (Wildman–Crippen MR) is 71.8 cm³/mol. The SMILES string of the molecule is C=CCOc1ccc(NC(=O)C2CCCN2)cc1. The summed E-state index contributed by atoms with van der Waals surface area (Å²) in [5.74, 6) is 0.805. The Bertz CT molecular complexity index is 408. The van der Waals surface area contributed by atoms with Crippen LogP contribution in [0, 0.1) is 0 Å². The molecule has 1 aliphatic heterocycles. The number of anilines is 1. The second-order valence-electron chi connectivity index (χ2n) is 4.26. The topological polar surface area (TPSA) is 50.4 Å². The summed E-state index contributed by atoms with van der Waals surface area (Å²) in [5, 5.41) is 6.06. The summed E-state index contributed by atoms with van der Waals surface area (Å²) >= 11 is 0. The summed E-state index contributed by atoms with van der Waals surface area (Å²) in [6, 6.07) is 7.29. The van der Waals surface area contributed by atoms with Crippen molar-refractivity contribution in [1.82, 2.24) is 5.32 Å². The number of ether oxygens (including phenoxy) is 1. The third kappa shape index (κ3) is 3.34. The Kier molecular flexibility index (Phi) is 4.36. The molecule has 1 aromatic carbocycles. The van der Waals surface area contributed by atoms with Crippen molar-refractivity contribution in [2.75, 3.05) is 18.5 Å². The fourth-order valence-electron chi connectivity index (χ4n) is 1.93. The van der Waals surface area contributed by atoms with E-state index in [4.69, 9.17) is 4.74 Å². The Morgan fingerprint density at radius 1 is 1.50 bits per heavy atom. The van der Waals surface area contributed by atoms with Crippen molar-refractivity contribution < 1.29 is 9.53 Å². The molecule has 1 aromatic rings. The van der Waals surface area contributed by atoms with Gasteiger partial charge in [0.1, 0.15) is 12.4 Å². The lowest BCUT2D eigenvalue weighted by molar-refractivity contribution is -0.117. The van der Waals surface area contributed by atoms with Crippen LogP contribution in [-0.2, 0) is 4.79 Å². The summed E-state index contributed by atoms with van der Waals surface area (Å²) < 4.78 is 5.37. The predicted octanol–water partition coefficient (Wildman–Crippen LogP) is 1.94. The highest BCUT2D eigenvalue weighted by Gasteiger charge is 2.21. The van der Waals surface area contributed by atoms with Crippen LogP contribution in [0.1, 0.15) is 12.8 Å². The Labute approximate surface area is 107 Å². The van der Waals surface area contributed by atoms with Crippen molar-refractivity contribution in [3.63, 3.8) is 0 Å². The average molecular weight is 246 g/mol. The molecule has 0 saturated carbocycles. The number of nitrogens with one attached hydrogen (secondary N) is 2. The Morgan fingerprint density at radius 3 is 2.89 bits per heavy atom. The molecule has 1 amide bonds. The van der Waals surface area contributed by atoms with Gasteiger partial charge in [-0.05, 0) is 43.7 Å². The normalized spacial score (nSPS) is 18.3. The standard InChI is InChI=1S/C14H18N2O2/c1-2-10-18-12-7-5-11(6-8-12)16-14(17)13-4-3-9-15-13/h2,5-8,13,15H,1,3-4,9-10H2,(H,16,17). The van der Waals surface area contributed by atoms with Crippen molar-refractivity contribution in [1.29, 1.82) is 0 Å². The highest BCUT2D eigenvalue weighted by molar-refractivity contribution is 5.95. The first kappa shape index (κ1) is 12.6. The molecule has 0 aromatic heterocycles. The fourth-order valence-corrected chi connectivity index (χ4v) is 1.93. The van der Waals surface area contributed by atoms with Crippen molar-refractivity contribution in [3.8, 4) is 5.75 Å². The van der Waals surface area contributed by atoms with Gasteiger partial charge in [0.25, 0.3) is 0 Å². The third-order valence-electron chi connectivity index (χ3n) is 2.87. The van der Waals surface area contributed by atoms with Crippen molar-refractivity contribution in [2.24, 2.45) is 0 Å². The number of carbonyl (C=O) groups is 1. The monoisotopic (exact) mass is 246 g/mol. The van der Waals surface area contributed by atoms with E-state index in [0.717, 1.165) is 30.8 Å². The zero-order chi connectivity index (χ0) is 12.8. The van der Waals surface area contributed by atoms with E-state index in [1.165, 1.54) is 0 Å². The number of amides is 1. The molecule has 96 valence electrons. The van der Waals surface area contributed by atoms with Crippen LogP contribution in [0.25, 0.3) is 0 Å². The Hall–Kier alpha value is -1.81. The van der Waals surface area contributed by atoms with Crippen LogP contribution in [0.2, 0.25) is 0 Å². The zero-order valence-electron chi connectivity index (χ0n) is 10.3. The van der Waals surface area contributed by atoms with Crippen molar-refractivity contribution in [3.05, 3.63) is 36.9 Å². The maximum atomic E-state index is 11.9. The molecule has 1 unspecified atom stereocenters. The molecule has 1 fully saturated rings. The molecular formula is C14H18N2O2. The maximum absolute atomic E-state index is 11.9. The van der Waals surface area contributed by atoms with Crippen LogP contribution in [-0.4, -0.2) is 25.1 Å². The average Bonchev–Trinajstić information content (AvgIpc) is 2.92. The quantitative estimate of drug-likeness (QED) is 0.781. The van der Waals surface area contributed by atoms with Crippen LogP contribution in [0.5, 0.6) is 5.75 Å². The fraction of sp³-hybridized carbons (Fsp3) is 0.357. The number of carbonyl (C=O) groups excluding carboxylic acids is 1. The van der Waals surface area contributed by atoms with Gasteiger partial charge in [-0.25, -0.2) is 0 Å². The second kappa shape index (κ2) is 6.21. The lowest BCUT2D eigenvalue weighted by atomic mass is 10.2. The van der Waals surface area contributed by atoms with Gasteiger partial charge in [0, 0.05) is 5.69 Å². The van der Waals surface area contributed by atoms with E-state index in [-0.39, 0.29) is 11.9 Å². The summed E-state index contributed by atoms with van der Waals surface area (Å²) in [4.78, 5) is 11.9. The van der Waals surface area contributed by atoms with E-state index < -0.39 is 0 Å². The van der Waals surface area contributed by atoms with E-state index in [0.29, 0.717) is 6.61 Å². The van der Waals surface area contributed by atoms with Gasteiger partial charge in [-0.2, -0.15) is 0 Å². The first-order chi connectivity index (χ1) is 8.79. The number of hydrogen-bond acceptors (Lipinski definition) is 3. The minimum absolute atomic E-state index is 0.0345. The first-order valence-corrected chi connectivity index (χ1v) is 6.17. The number of benzene rings is 1. The van der Waals surface area contributed by atoms with Gasteiger partial charge in [-0.3, -0.25) is 4.79 Å². The minimum Gasteiger partial charge on any atom is -0.490 e. The lowest BCUT2D eigenvalue weighted by Gasteiger charge is -2.11. The van der Waals surface area contributed by atoms with E-state index in [1.54, 1.807) is 6.08 Å². The molecule has 1 saturated heterocycles. The van der Waals surface area contributed by atoms with Crippen LogP contribution in [0.3, 0.4) is 0 Å². The summed E-state index contributed by atoms with van der Waals surface area (Å²) in [7, 11) is 0. The van der Waals surface area contributed by atoms with E-state index in [9.17, 15) is 4.79 Å². The lowest BCUT2D eigenvalue weighted by Crippen LogP contribution is -2.35. The molecule has 0 radical (unpaired) electrons. The summed E-state index contributed by atoms with van der Waals surface area (Å²) in [5.41, 5.74) is 0.791. The number of rotatable bonds is 5. The van der Waals surface area contributed by atoms with Crippen molar-refractivity contribution in [2.45, 2.75) is 18.9 Å². The molecule has 1 aliphatic rings. The molecule has 0 aliphatic carbocycles. The maximum Gasteiger partial charge on any atom is 0.241 e. The molecular weight excluding hydrogens is 228 g/mol. The minimum atomic E-state index is -0.0540.